The van der Waals surface area contributed by atoms with Crippen LogP contribution in [0.2, 0.25) is 0 Å². The molecule has 2 rings (SSSR count). The molecule has 0 bridgehead atoms. The highest BCUT2D eigenvalue weighted by Gasteiger charge is 2.29. The van der Waals surface area contributed by atoms with Gasteiger partial charge in [0.15, 0.2) is 0 Å². The van der Waals surface area contributed by atoms with Crippen LogP contribution in [0.4, 0.5) is 0 Å². The minimum atomic E-state index is 0.651. The van der Waals surface area contributed by atoms with Gasteiger partial charge in [0.2, 0.25) is 0 Å². The monoisotopic (exact) mass is 273 g/mol. The van der Waals surface area contributed by atoms with Crippen LogP contribution in [0.25, 0.3) is 0 Å². The van der Waals surface area contributed by atoms with Crippen LogP contribution in [-0.2, 0) is 6.42 Å². The Morgan fingerprint density at radius 1 is 1.10 bits per heavy atom. The molecular weight excluding hydrogens is 242 g/mol. The molecule has 1 fully saturated rings. The van der Waals surface area contributed by atoms with Crippen LogP contribution in [0.1, 0.15) is 51.2 Å². The van der Waals surface area contributed by atoms with Crippen LogP contribution in [0.5, 0.6) is 0 Å². The van der Waals surface area contributed by atoms with E-state index in [4.69, 9.17) is 0 Å². The number of likely N-dealkylation sites (N-methyl/N-ethyl adjacent to an activating group) is 1. The zero-order chi connectivity index (χ0) is 14.5. The summed E-state index contributed by atoms with van der Waals surface area (Å²) in [5.41, 5.74) is 2.83. The van der Waals surface area contributed by atoms with E-state index in [0.717, 1.165) is 24.3 Å². The lowest BCUT2D eigenvalue weighted by atomic mass is 9.72. The van der Waals surface area contributed by atoms with Gasteiger partial charge in [-0.1, -0.05) is 57.0 Å². The molecule has 1 aliphatic carbocycles. The highest BCUT2D eigenvalue weighted by atomic mass is 14.9. The Hall–Kier alpha value is -0.820. The summed E-state index contributed by atoms with van der Waals surface area (Å²) in [6, 6.07) is 9.73. The van der Waals surface area contributed by atoms with Gasteiger partial charge in [0.1, 0.15) is 0 Å². The van der Waals surface area contributed by atoms with Crippen molar-refractivity contribution in [3.05, 3.63) is 35.4 Å². The van der Waals surface area contributed by atoms with Crippen molar-refractivity contribution >= 4 is 0 Å². The number of nitrogens with one attached hydrogen (secondary N) is 1. The number of benzene rings is 1. The molecule has 1 aliphatic rings. The second kappa shape index (κ2) is 7.26. The third-order valence-electron chi connectivity index (χ3n) is 5.25. The number of hydrogen-bond acceptors (Lipinski definition) is 1. The standard InChI is InChI=1S/C19H31N/c1-5-20-19(13-17-9-6-14(2)7-10-17)18-11-8-15(3)16(4)12-18/h6-7,9-10,15-16,18-20H,5,8,11-13H2,1-4H3. The van der Waals surface area contributed by atoms with Crippen molar-refractivity contribution in [1.82, 2.24) is 5.32 Å². The third-order valence-corrected chi connectivity index (χ3v) is 5.25. The molecule has 1 heteroatoms. The van der Waals surface area contributed by atoms with E-state index in [2.05, 4.69) is 57.3 Å². The Morgan fingerprint density at radius 2 is 1.80 bits per heavy atom. The molecule has 0 amide bonds. The summed E-state index contributed by atoms with van der Waals surface area (Å²) in [5.74, 6) is 2.64. The quantitative estimate of drug-likeness (QED) is 0.827. The van der Waals surface area contributed by atoms with Crippen molar-refractivity contribution < 1.29 is 0 Å². The van der Waals surface area contributed by atoms with Crippen molar-refractivity contribution in [1.29, 1.82) is 0 Å². The van der Waals surface area contributed by atoms with E-state index >= 15 is 0 Å². The molecule has 0 aliphatic heterocycles. The molecule has 4 atom stereocenters. The normalized spacial score (nSPS) is 28.3. The molecule has 1 aromatic rings. The molecule has 0 spiro atoms. The summed E-state index contributed by atoms with van der Waals surface area (Å²) in [6.45, 7) is 10.3. The van der Waals surface area contributed by atoms with Gasteiger partial charge in [-0.2, -0.15) is 0 Å². The van der Waals surface area contributed by atoms with E-state index < -0.39 is 0 Å². The second-order valence-corrected chi connectivity index (χ2v) is 6.88. The maximum atomic E-state index is 3.75. The van der Waals surface area contributed by atoms with Gasteiger partial charge in [-0.15, -0.1) is 0 Å². The first-order valence-electron chi connectivity index (χ1n) is 8.39. The summed E-state index contributed by atoms with van der Waals surface area (Å²) in [7, 11) is 0. The highest BCUT2D eigenvalue weighted by molar-refractivity contribution is 5.22. The fourth-order valence-electron chi connectivity index (χ4n) is 3.60. The van der Waals surface area contributed by atoms with E-state index in [0.29, 0.717) is 6.04 Å². The van der Waals surface area contributed by atoms with Gasteiger partial charge in [0, 0.05) is 6.04 Å². The fraction of sp³-hybridized carbons (Fsp3) is 0.684. The molecule has 20 heavy (non-hydrogen) atoms. The summed E-state index contributed by atoms with van der Waals surface area (Å²) < 4.78 is 0. The Balaban J connectivity index is 2.01. The van der Waals surface area contributed by atoms with Gasteiger partial charge < -0.3 is 5.32 Å². The minimum Gasteiger partial charge on any atom is -0.314 e. The van der Waals surface area contributed by atoms with Crippen LogP contribution in [0.3, 0.4) is 0 Å². The SMILES string of the molecule is CCNC(Cc1ccc(C)cc1)C1CCC(C)C(C)C1. The molecular formula is C19H31N. The molecule has 1 N–H and O–H groups in total. The Kier molecular flexibility index (Phi) is 5.65. The number of aryl methyl sites for hydroxylation is 1. The van der Waals surface area contributed by atoms with Crippen LogP contribution in [0.15, 0.2) is 24.3 Å². The smallest absolute Gasteiger partial charge is 0.0136 e. The Morgan fingerprint density at radius 3 is 2.40 bits per heavy atom. The lowest BCUT2D eigenvalue weighted by molar-refractivity contribution is 0.171. The average molecular weight is 273 g/mol. The van der Waals surface area contributed by atoms with Gasteiger partial charge >= 0.3 is 0 Å². The van der Waals surface area contributed by atoms with Crippen molar-refractivity contribution in [3.8, 4) is 0 Å². The maximum absolute atomic E-state index is 3.75. The zero-order valence-electron chi connectivity index (χ0n) is 13.7. The van der Waals surface area contributed by atoms with Crippen molar-refractivity contribution in [2.45, 2.75) is 59.4 Å². The maximum Gasteiger partial charge on any atom is 0.0136 e. The molecule has 0 saturated heterocycles. The second-order valence-electron chi connectivity index (χ2n) is 6.88. The molecule has 4 unspecified atom stereocenters. The van der Waals surface area contributed by atoms with E-state index in [1.807, 2.05) is 0 Å². The number of rotatable bonds is 5. The summed E-state index contributed by atoms with van der Waals surface area (Å²) in [5, 5.41) is 3.75. The first kappa shape index (κ1) is 15.6. The largest absolute Gasteiger partial charge is 0.314 e. The molecule has 0 heterocycles. The van der Waals surface area contributed by atoms with Gasteiger partial charge in [-0.25, -0.2) is 0 Å². The average Bonchev–Trinajstić information content (AvgIpc) is 2.44. The van der Waals surface area contributed by atoms with E-state index in [9.17, 15) is 0 Å². The Labute approximate surface area is 125 Å². The lowest BCUT2D eigenvalue weighted by Gasteiger charge is -2.37. The molecule has 0 aromatic heterocycles. The molecule has 0 radical (unpaired) electrons. The predicted octanol–water partition coefficient (Wildman–Crippen LogP) is 4.59. The molecule has 1 saturated carbocycles. The van der Waals surface area contributed by atoms with Crippen LogP contribution < -0.4 is 5.32 Å². The first-order valence-corrected chi connectivity index (χ1v) is 8.39. The fourth-order valence-corrected chi connectivity index (χ4v) is 3.60. The molecule has 112 valence electrons. The first-order chi connectivity index (χ1) is 9.60. The van der Waals surface area contributed by atoms with Crippen LogP contribution in [0, 0.1) is 24.7 Å². The van der Waals surface area contributed by atoms with Crippen molar-refractivity contribution in [3.63, 3.8) is 0 Å². The van der Waals surface area contributed by atoms with E-state index in [-0.39, 0.29) is 0 Å². The Bertz CT molecular complexity index is 395. The van der Waals surface area contributed by atoms with Gasteiger partial charge in [-0.05, 0) is 56.0 Å². The van der Waals surface area contributed by atoms with Crippen LogP contribution in [-0.4, -0.2) is 12.6 Å². The van der Waals surface area contributed by atoms with Gasteiger partial charge in [0.05, 0.1) is 0 Å². The van der Waals surface area contributed by atoms with Gasteiger partial charge in [0.25, 0.3) is 0 Å². The predicted molar refractivity (Wildman–Crippen MR) is 88.0 cm³/mol. The van der Waals surface area contributed by atoms with Gasteiger partial charge in [-0.3, -0.25) is 0 Å². The van der Waals surface area contributed by atoms with Crippen LogP contribution >= 0.6 is 0 Å². The van der Waals surface area contributed by atoms with E-state index in [1.165, 1.54) is 36.8 Å². The van der Waals surface area contributed by atoms with Crippen molar-refractivity contribution in [2.24, 2.45) is 17.8 Å². The summed E-state index contributed by atoms with van der Waals surface area (Å²) >= 11 is 0. The third kappa shape index (κ3) is 4.09. The van der Waals surface area contributed by atoms with Crippen molar-refractivity contribution in [2.75, 3.05) is 6.54 Å². The zero-order valence-corrected chi connectivity index (χ0v) is 13.7. The summed E-state index contributed by atoms with van der Waals surface area (Å²) in [4.78, 5) is 0. The topological polar surface area (TPSA) is 12.0 Å². The minimum absolute atomic E-state index is 0.651. The highest BCUT2D eigenvalue weighted by Crippen LogP contribution is 2.35. The number of hydrogen-bond donors (Lipinski definition) is 1. The lowest BCUT2D eigenvalue weighted by Crippen LogP contribution is -2.41. The molecule has 1 nitrogen and oxygen atoms in total. The molecule has 1 aromatic carbocycles. The van der Waals surface area contributed by atoms with E-state index in [1.54, 1.807) is 0 Å². The summed E-state index contributed by atoms with van der Waals surface area (Å²) in [6.07, 6.45) is 5.38.